The van der Waals surface area contributed by atoms with Crippen molar-refractivity contribution < 1.29 is 18.3 Å². The van der Waals surface area contributed by atoms with Gasteiger partial charge in [-0.05, 0) is 30.9 Å². The second kappa shape index (κ2) is 7.70. The molecule has 0 spiro atoms. The highest BCUT2D eigenvalue weighted by Gasteiger charge is 2.30. The Bertz CT molecular complexity index is 1210. The number of fused-ring (bicyclic) bond motifs is 3. The number of thioether (sulfide) groups is 1. The fraction of sp³-hybridized carbons (Fsp3) is 0.316. The molecule has 0 bridgehead atoms. The average Bonchev–Trinajstić information content (AvgIpc) is 3.28. The molecule has 0 N–H and O–H groups in total. The largest absolute Gasteiger partial charge is 0.468 e. The van der Waals surface area contributed by atoms with E-state index in [1.807, 2.05) is 0 Å². The number of benzene rings is 1. The Morgan fingerprint density at radius 3 is 2.86 bits per heavy atom. The summed E-state index contributed by atoms with van der Waals surface area (Å²) in [6, 6.07) is 2.12. The molecule has 3 aromatic rings. The Hall–Kier alpha value is -1.97. The predicted octanol–water partition coefficient (Wildman–Crippen LogP) is 4.42. The summed E-state index contributed by atoms with van der Waals surface area (Å²) < 4.78 is 34.3. The van der Waals surface area contributed by atoms with Crippen molar-refractivity contribution >= 4 is 50.9 Å². The van der Waals surface area contributed by atoms with Crippen molar-refractivity contribution in [3.8, 4) is 0 Å². The quantitative estimate of drug-likeness (QED) is 0.252. The van der Waals surface area contributed by atoms with Gasteiger partial charge in [-0.2, -0.15) is 0 Å². The van der Waals surface area contributed by atoms with E-state index in [-0.39, 0.29) is 16.3 Å². The van der Waals surface area contributed by atoms with E-state index in [1.54, 1.807) is 7.05 Å². The Kier molecular flexibility index (Phi) is 5.39. The standard InChI is InChI=1S/C19H15ClF2N2O3S2/c1-24-17(25)12-8-4-3-5-11(8)28-16(12)23-19(24)29-15(18(26)27-2)9-6-7-10(21)13(20)14(9)22/h6-7,15H,3-5H2,1-2H3. The molecule has 2 heterocycles. The molecular formula is C19H15ClF2N2O3S2. The highest BCUT2D eigenvalue weighted by molar-refractivity contribution is 8.00. The zero-order chi connectivity index (χ0) is 20.9. The van der Waals surface area contributed by atoms with Crippen LogP contribution >= 0.6 is 34.7 Å². The zero-order valence-electron chi connectivity index (χ0n) is 15.4. The van der Waals surface area contributed by atoms with E-state index in [4.69, 9.17) is 16.3 Å². The highest BCUT2D eigenvalue weighted by Crippen LogP contribution is 2.40. The van der Waals surface area contributed by atoms with Crippen LogP contribution in [0.3, 0.4) is 0 Å². The third-order valence-electron chi connectivity index (χ3n) is 4.89. The van der Waals surface area contributed by atoms with Crippen molar-refractivity contribution in [3.05, 3.63) is 55.1 Å². The zero-order valence-corrected chi connectivity index (χ0v) is 17.8. The van der Waals surface area contributed by atoms with E-state index in [2.05, 4.69) is 4.98 Å². The van der Waals surface area contributed by atoms with Crippen molar-refractivity contribution in [1.29, 1.82) is 0 Å². The molecule has 10 heteroatoms. The second-order valence-electron chi connectivity index (χ2n) is 6.58. The lowest BCUT2D eigenvalue weighted by Crippen LogP contribution is -2.22. The lowest BCUT2D eigenvalue weighted by molar-refractivity contribution is -0.140. The maximum atomic E-state index is 14.6. The smallest absolute Gasteiger partial charge is 0.323 e. The van der Waals surface area contributed by atoms with E-state index < -0.39 is 27.9 Å². The van der Waals surface area contributed by atoms with Crippen LogP contribution in [0.15, 0.2) is 22.1 Å². The first kappa shape index (κ1) is 20.3. The summed E-state index contributed by atoms with van der Waals surface area (Å²) in [4.78, 5) is 31.6. The summed E-state index contributed by atoms with van der Waals surface area (Å²) in [5.74, 6) is -2.74. The normalized spacial score (nSPS) is 14.2. The Balaban J connectivity index is 1.82. The number of halogens is 3. The van der Waals surface area contributed by atoms with E-state index in [0.717, 1.165) is 53.6 Å². The summed E-state index contributed by atoms with van der Waals surface area (Å²) in [7, 11) is 2.72. The molecular weight excluding hydrogens is 442 g/mol. The number of esters is 1. The summed E-state index contributed by atoms with van der Waals surface area (Å²) >= 11 is 8.01. The van der Waals surface area contributed by atoms with Crippen LogP contribution in [0.2, 0.25) is 5.02 Å². The maximum Gasteiger partial charge on any atom is 0.323 e. The summed E-state index contributed by atoms with van der Waals surface area (Å²) in [6.45, 7) is 0. The molecule has 4 rings (SSSR count). The predicted molar refractivity (Wildman–Crippen MR) is 109 cm³/mol. The van der Waals surface area contributed by atoms with Gasteiger partial charge in [0, 0.05) is 17.5 Å². The molecule has 1 aliphatic carbocycles. The minimum absolute atomic E-state index is 0.142. The van der Waals surface area contributed by atoms with Gasteiger partial charge < -0.3 is 4.74 Å². The molecule has 5 nitrogen and oxygen atoms in total. The molecule has 0 aliphatic heterocycles. The van der Waals surface area contributed by atoms with Crippen LogP contribution in [-0.2, 0) is 29.4 Å². The van der Waals surface area contributed by atoms with Crippen LogP contribution in [-0.4, -0.2) is 22.6 Å². The summed E-state index contributed by atoms with van der Waals surface area (Å²) in [5, 5.41) is -1.07. The van der Waals surface area contributed by atoms with Crippen molar-refractivity contribution in [3.63, 3.8) is 0 Å². The molecule has 0 fully saturated rings. The monoisotopic (exact) mass is 456 g/mol. The number of ether oxygens (including phenoxy) is 1. The number of aryl methyl sites for hydroxylation is 2. The summed E-state index contributed by atoms with van der Waals surface area (Å²) in [5.41, 5.74) is 0.699. The Morgan fingerprint density at radius 1 is 1.38 bits per heavy atom. The molecule has 1 aliphatic rings. The van der Waals surface area contributed by atoms with Gasteiger partial charge in [0.1, 0.15) is 26.7 Å². The van der Waals surface area contributed by atoms with Gasteiger partial charge in [0.2, 0.25) is 0 Å². The number of carbonyl (C=O) groups excluding carboxylic acids is 1. The van der Waals surface area contributed by atoms with Gasteiger partial charge in [-0.15, -0.1) is 11.3 Å². The van der Waals surface area contributed by atoms with Crippen LogP contribution in [0, 0.1) is 11.6 Å². The number of aromatic nitrogens is 2. The van der Waals surface area contributed by atoms with Crippen LogP contribution in [0.25, 0.3) is 10.2 Å². The Morgan fingerprint density at radius 2 is 2.14 bits per heavy atom. The van der Waals surface area contributed by atoms with Gasteiger partial charge in [-0.25, -0.2) is 13.8 Å². The lowest BCUT2D eigenvalue weighted by atomic mass is 10.1. The van der Waals surface area contributed by atoms with Crippen molar-refractivity contribution in [1.82, 2.24) is 9.55 Å². The van der Waals surface area contributed by atoms with Crippen molar-refractivity contribution in [2.75, 3.05) is 7.11 Å². The van der Waals surface area contributed by atoms with Gasteiger partial charge in [0.05, 0.1) is 12.5 Å². The minimum atomic E-state index is -1.21. The molecule has 1 atom stereocenters. The van der Waals surface area contributed by atoms with Crippen LogP contribution in [0.1, 0.15) is 27.7 Å². The van der Waals surface area contributed by atoms with E-state index >= 15 is 0 Å². The van der Waals surface area contributed by atoms with Gasteiger partial charge in [0.25, 0.3) is 5.56 Å². The lowest BCUT2D eigenvalue weighted by Gasteiger charge is -2.17. The first-order chi connectivity index (χ1) is 13.8. The number of rotatable bonds is 4. The number of methoxy groups -OCH3 is 1. The molecule has 0 radical (unpaired) electrons. The van der Waals surface area contributed by atoms with Crippen molar-refractivity contribution in [2.45, 2.75) is 29.7 Å². The number of thiophene rings is 1. The van der Waals surface area contributed by atoms with Gasteiger partial charge in [0.15, 0.2) is 5.16 Å². The maximum absolute atomic E-state index is 14.6. The second-order valence-corrected chi connectivity index (χ2v) is 9.12. The Labute approximate surface area is 177 Å². The SMILES string of the molecule is COC(=O)C(Sc1nc2sc3c(c2c(=O)n1C)CCC3)c1ccc(F)c(Cl)c1F. The molecule has 29 heavy (non-hydrogen) atoms. The molecule has 0 saturated carbocycles. The van der Waals surface area contributed by atoms with Crippen LogP contribution < -0.4 is 5.56 Å². The first-order valence-corrected chi connectivity index (χ1v) is 10.8. The van der Waals surface area contributed by atoms with Gasteiger partial charge in [-0.1, -0.05) is 29.4 Å². The van der Waals surface area contributed by atoms with E-state index in [9.17, 15) is 18.4 Å². The summed E-state index contributed by atoms with van der Waals surface area (Å²) in [6.07, 6.45) is 2.79. The number of nitrogens with zero attached hydrogens (tertiary/aromatic N) is 2. The molecule has 0 amide bonds. The third kappa shape index (κ3) is 3.35. The highest BCUT2D eigenvalue weighted by atomic mass is 35.5. The number of hydrogen-bond acceptors (Lipinski definition) is 6. The third-order valence-corrected chi connectivity index (χ3v) is 7.68. The fourth-order valence-corrected chi connectivity index (χ4v) is 5.98. The fourth-order valence-electron chi connectivity index (χ4n) is 3.41. The first-order valence-electron chi connectivity index (χ1n) is 8.72. The molecule has 152 valence electrons. The van der Waals surface area contributed by atoms with Crippen LogP contribution in [0.5, 0.6) is 0 Å². The average molecular weight is 457 g/mol. The van der Waals surface area contributed by atoms with Crippen LogP contribution in [0.4, 0.5) is 8.78 Å². The topological polar surface area (TPSA) is 61.2 Å². The van der Waals surface area contributed by atoms with Gasteiger partial charge >= 0.3 is 5.97 Å². The molecule has 2 aromatic heterocycles. The van der Waals surface area contributed by atoms with Gasteiger partial charge in [-0.3, -0.25) is 14.2 Å². The molecule has 1 aromatic carbocycles. The molecule has 0 saturated heterocycles. The van der Waals surface area contributed by atoms with Crippen molar-refractivity contribution in [2.24, 2.45) is 7.05 Å². The van der Waals surface area contributed by atoms with E-state index in [0.29, 0.717) is 10.2 Å². The minimum Gasteiger partial charge on any atom is -0.468 e. The molecule has 1 unspecified atom stereocenters. The van der Waals surface area contributed by atoms with E-state index in [1.165, 1.54) is 23.0 Å². The number of hydrogen-bond donors (Lipinski definition) is 0. The number of carbonyl (C=O) groups is 1.